The van der Waals surface area contributed by atoms with Crippen LogP contribution in [-0.2, 0) is 0 Å². The molecule has 0 bridgehead atoms. The molecule has 1 aromatic carbocycles. The summed E-state index contributed by atoms with van der Waals surface area (Å²) in [4.78, 5) is 15.3. The quantitative estimate of drug-likeness (QED) is 0.875. The van der Waals surface area contributed by atoms with Crippen molar-refractivity contribution in [2.24, 2.45) is 0 Å². The second kappa shape index (κ2) is 3.69. The first kappa shape index (κ1) is 10.0. The van der Waals surface area contributed by atoms with Gasteiger partial charge in [-0.2, -0.15) is 4.98 Å². The molecular formula is C12H10N2O3. The van der Waals surface area contributed by atoms with Gasteiger partial charge in [0.2, 0.25) is 0 Å². The molecule has 17 heavy (non-hydrogen) atoms. The molecule has 1 aliphatic rings. The van der Waals surface area contributed by atoms with Crippen LogP contribution >= 0.6 is 0 Å². The molecule has 1 fully saturated rings. The van der Waals surface area contributed by atoms with Gasteiger partial charge in [-0.3, -0.25) is 0 Å². The first-order valence-electron chi connectivity index (χ1n) is 5.42. The SMILES string of the molecule is O=C(O)c1ccccc1-c1nc(C2CC2)no1. The Labute approximate surface area is 97.1 Å². The molecular weight excluding hydrogens is 220 g/mol. The van der Waals surface area contributed by atoms with Crippen molar-refractivity contribution in [1.29, 1.82) is 0 Å². The number of nitrogens with zero attached hydrogens (tertiary/aromatic N) is 2. The van der Waals surface area contributed by atoms with E-state index in [1.165, 1.54) is 6.07 Å². The Kier molecular flexibility index (Phi) is 2.18. The number of carbonyl (C=O) groups is 1. The van der Waals surface area contributed by atoms with E-state index in [0.29, 0.717) is 17.3 Å². The van der Waals surface area contributed by atoms with Gasteiger partial charge in [-0.1, -0.05) is 17.3 Å². The number of carboxylic acids is 1. The van der Waals surface area contributed by atoms with Crippen LogP contribution in [0.5, 0.6) is 0 Å². The number of hydrogen-bond donors (Lipinski definition) is 1. The molecule has 1 saturated carbocycles. The molecule has 86 valence electrons. The van der Waals surface area contributed by atoms with Crippen molar-refractivity contribution in [3.05, 3.63) is 35.7 Å². The standard InChI is InChI=1S/C12H10N2O3/c15-12(16)9-4-2-1-3-8(9)11-13-10(14-17-11)7-5-6-7/h1-4,7H,5-6H2,(H,15,16). The zero-order chi connectivity index (χ0) is 11.8. The summed E-state index contributed by atoms with van der Waals surface area (Å²) in [7, 11) is 0. The van der Waals surface area contributed by atoms with Gasteiger partial charge >= 0.3 is 5.97 Å². The van der Waals surface area contributed by atoms with E-state index in [1.54, 1.807) is 18.2 Å². The summed E-state index contributed by atoms with van der Waals surface area (Å²) in [6, 6.07) is 6.63. The Hall–Kier alpha value is -2.17. The fraction of sp³-hybridized carbons (Fsp3) is 0.250. The third-order valence-corrected chi connectivity index (χ3v) is 2.77. The van der Waals surface area contributed by atoms with E-state index in [4.69, 9.17) is 9.63 Å². The number of aromatic carboxylic acids is 1. The Morgan fingerprint density at radius 3 is 2.82 bits per heavy atom. The highest BCUT2D eigenvalue weighted by Crippen LogP contribution is 2.39. The van der Waals surface area contributed by atoms with Crippen molar-refractivity contribution >= 4 is 5.97 Å². The lowest BCUT2D eigenvalue weighted by atomic mass is 10.1. The van der Waals surface area contributed by atoms with Gasteiger partial charge in [0.15, 0.2) is 5.82 Å². The highest BCUT2D eigenvalue weighted by atomic mass is 16.5. The minimum atomic E-state index is -0.994. The molecule has 2 aromatic rings. The van der Waals surface area contributed by atoms with Gasteiger partial charge in [0.1, 0.15) is 0 Å². The summed E-state index contributed by atoms with van der Waals surface area (Å²) < 4.78 is 5.12. The van der Waals surface area contributed by atoms with Crippen LogP contribution in [0.4, 0.5) is 0 Å². The summed E-state index contributed by atoms with van der Waals surface area (Å²) in [5.74, 6) is 0.362. The van der Waals surface area contributed by atoms with E-state index in [2.05, 4.69) is 10.1 Å². The van der Waals surface area contributed by atoms with Crippen LogP contribution in [0.1, 0.15) is 34.9 Å². The molecule has 0 unspecified atom stereocenters. The highest BCUT2D eigenvalue weighted by Gasteiger charge is 2.29. The lowest BCUT2D eigenvalue weighted by molar-refractivity contribution is 0.0697. The van der Waals surface area contributed by atoms with Crippen LogP contribution in [-0.4, -0.2) is 21.2 Å². The van der Waals surface area contributed by atoms with Crippen molar-refractivity contribution in [3.8, 4) is 11.5 Å². The monoisotopic (exact) mass is 230 g/mol. The van der Waals surface area contributed by atoms with Gasteiger partial charge in [-0.25, -0.2) is 4.79 Å². The Bertz CT molecular complexity index is 573. The second-order valence-electron chi connectivity index (χ2n) is 4.08. The molecule has 5 heteroatoms. The van der Waals surface area contributed by atoms with Gasteiger partial charge in [0.05, 0.1) is 11.1 Å². The van der Waals surface area contributed by atoms with Crippen LogP contribution in [0.15, 0.2) is 28.8 Å². The summed E-state index contributed by atoms with van der Waals surface area (Å²) in [6.45, 7) is 0. The van der Waals surface area contributed by atoms with Crippen LogP contribution < -0.4 is 0 Å². The molecule has 3 rings (SSSR count). The molecule has 1 heterocycles. The normalized spacial score (nSPS) is 14.8. The minimum absolute atomic E-state index is 0.179. The minimum Gasteiger partial charge on any atom is -0.478 e. The van der Waals surface area contributed by atoms with Crippen molar-refractivity contribution in [2.75, 3.05) is 0 Å². The Balaban J connectivity index is 2.04. The van der Waals surface area contributed by atoms with Crippen molar-refractivity contribution in [2.45, 2.75) is 18.8 Å². The van der Waals surface area contributed by atoms with Crippen molar-refractivity contribution in [1.82, 2.24) is 10.1 Å². The van der Waals surface area contributed by atoms with E-state index >= 15 is 0 Å². The maximum absolute atomic E-state index is 11.1. The largest absolute Gasteiger partial charge is 0.478 e. The van der Waals surface area contributed by atoms with Gasteiger partial charge in [0, 0.05) is 5.92 Å². The van der Waals surface area contributed by atoms with E-state index in [9.17, 15) is 4.79 Å². The summed E-state index contributed by atoms with van der Waals surface area (Å²) in [5, 5.41) is 12.9. The zero-order valence-electron chi connectivity index (χ0n) is 8.96. The third-order valence-electron chi connectivity index (χ3n) is 2.77. The average molecular weight is 230 g/mol. The summed E-state index contributed by atoms with van der Waals surface area (Å²) >= 11 is 0. The summed E-state index contributed by atoms with van der Waals surface area (Å²) in [6.07, 6.45) is 2.17. The Morgan fingerprint density at radius 1 is 1.35 bits per heavy atom. The molecule has 0 spiro atoms. The average Bonchev–Trinajstić information content (AvgIpc) is 3.07. The number of aromatic nitrogens is 2. The highest BCUT2D eigenvalue weighted by molar-refractivity contribution is 5.94. The fourth-order valence-corrected chi connectivity index (χ4v) is 1.71. The molecule has 0 radical (unpaired) electrons. The van der Waals surface area contributed by atoms with E-state index in [0.717, 1.165) is 12.8 Å². The molecule has 0 amide bonds. The van der Waals surface area contributed by atoms with E-state index in [-0.39, 0.29) is 11.5 Å². The Morgan fingerprint density at radius 2 is 2.12 bits per heavy atom. The number of benzene rings is 1. The van der Waals surface area contributed by atoms with Crippen LogP contribution in [0.25, 0.3) is 11.5 Å². The maximum Gasteiger partial charge on any atom is 0.336 e. The predicted octanol–water partition coefficient (Wildman–Crippen LogP) is 2.31. The molecule has 0 saturated heterocycles. The topological polar surface area (TPSA) is 76.2 Å². The van der Waals surface area contributed by atoms with Crippen LogP contribution in [0, 0.1) is 0 Å². The predicted molar refractivity (Wildman–Crippen MR) is 58.7 cm³/mol. The van der Waals surface area contributed by atoms with E-state index in [1.807, 2.05) is 0 Å². The number of hydrogen-bond acceptors (Lipinski definition) is 4. The zero-order valence-corrected chi connectivity index (χ0v) is 8.96. The maximum atomic E-state index is 11.1. The van der Waals surface area contributed by atoms with Crippen LogP contribution in [0.2, 0.25) is 0 Å². The lowest BCUT2D eigenvalue weighted by Gasteiger charge is -1.99. The summed E-state index contributed by atoms with van der Waals surface area (Å²) in [5.41, 5.74) is 0.651. The molecule has 0 atom stereocenters. The molecule has 0 aliphatic heterocycles. The molecule has 5 nitrogen and oxygen atoms in total. The molecule has 1 aromatic heterocycles. The first-order chi connectivity index (χ1) is 8.25. The van der Waals surface area contributed by atoms with Gasteiger partial charge < -0.3 is 9.63 Å². The lowest BCUT2D eigenvalue weighted by Crippen LogP contribution is -1.99. The van der Waals surface area contributed by atoms with E-state index < -0.39 is 5.97 Å². The molecule has 1 N–H and O–H groups in total. The third kappa shape index (κ3) is 1.80. The smallest absolute Gasteiger partial charge is 0.336 e. The number of carboxylic acid groups (broad SMARTS) is 1. The van der Waals surface area contributed by atoms with Gasteiger partial charge in [0.25, 0.3) is 5.89 Å². The van der Waals surface area contributed by atoms with Crippen molar-refractivity contribution < 1.29 is 14.4 Å². The number of rotatable bonds is 3. The molecule has 1 aliphatic carbocycles. The van der Waals surface area contributed by atoms with Crippen LogP contribution in [0.3, 0.4) is 0 Å². The van der Waals surface area contributed by atoms with Gasteiger partial charge in [-0.05, 0) is 25.0 Å². The fourth-order valence-electron chi connectivity index (χ4n) is 1.71. The second-order valence-corrected chi connectivity index (χ2v) is 4.08. The van der Waals surface area contributed by atoms with Gasteiger partial charge in [-0.15, -0.1) is 0 Å². The van der Waals surface area contributed by atoms with Crippen molar-refractivity contribution in [3.63, 3.8) is 0 Å². The first-order valence-corrected chi connectivity index (χ1v) is 5.42.